The van der Waals surface area contributed by atoms with E-state index in [2.05, 4.69) is 36.5 Å². The van der Waals surface area contributed by atoms with E-state index in [1.54, 1.807) is 0 Å². The lowest BCUT2D eigenvalue weighted by molar-refractivity contribution is 0.242. The summed E-state index contributed by atoms with van der Waals surface area (Å²) in [5.41, 5.74) is 10.1. The summed E-state index contributed by atoms with van der Waals surface area (Å²) in [7, 11) is 0. The number of aryl methyl sites for hydroxylation is 1. The van der Waals surface area contributed by atoms with E-state index in [9.17, 15) is 0 Å². The van der Waals surface area contributed by atoms with Gasteiger partial charge in [-0.15, -0.1) is 0 Å². The van der Waals surface area contributed by atoms with Crippen LogP contribution < -0.4 is 15.8 Å². The fraction of sp³-hybridized carbons (Fsp3) is 0.294. The van der Waals surface area contributed by atoms with Crippen LogP contribution in [0, 0.1) is 6.92 Å². The van der Waals surface area contributed by atoms with Crippen molar-refractivity contribution in [2.24, 2.45) is 0 Å². The van der Waals surface area contributed by atoms with Crippen LogP contribution in [0.2, 0.25) is 0 Å². The largest absolute Gasteiger partial charge is 0.491 e. The van der Waals surface area contributed by atoms with Gasteiger partial charge in [-0.3, -0.25) is 0 Å². The van der Waals surface area contributed by atoms with Crippen LogP contribution in [0.1, 0.15) is 25.0 Å². The zero-order chi connectivity index (χ0) is 14.5. The maximum absolute atomic E-state index is 5.90. The number of nitrogens with one attached hydrogen (secondary N) is 1. The summed E-state index contributed by atoms with van der Waals surface area (Å²) in [5.74, 6) is 0.798. The molecule has 0 aliphatic heterocycles. The molecule has 2 rings (SSSR count). The molecule has 106 valence electrons. The highest BCUT2D eigenvalue weighted by Crippen LogP contribution is 2.24. The number of nitrogens with two attached hydrogens (primary N) is 1. The molecule has 0 saturated heterocycles. The topological polar surface area (TPSA) is 47.3 Å². The molecule has 0 atom stereocenters. The van der Waals surface area contributed by atoms with Crippen LogP contribution in [0.3, 0.4) is 0 Å². The molecule has 20 heavy (non-hydrogen) atoms. The Balaban J connectivity index is 2.05. The molecule has 2 aromatic carbocycles. The predicted molar refractivity (Wildman–Crippen MR) is 85.1 cm³/mol. The summed E-state index contributed by atoms with van der Waals surface area (Å²) in [6.07, 6.45) is 0.141. The van der Waals surface area contributed by atoms with Crippen molar-refractivity contribution in [1.82, 2.24) is 0 Å². The van der Waals surface area contributed by atoms with E-state index in [0.29, 0.717) is 5.69 Å². The number of ether oxygens (including phenoxy) is 1. The van der Waals surface area contributed by atoms with E-state index in [1.165, 1.54) is 11.1 Å². The molecule has 0 fully saturated rings. The maximum atomic E-state index is 5.90. The number of rotatable bonds is 5. The van der Waals surface area contributed by atoms with Crippen molar-refractivity contribution >= 4 is 11.4 Å². The molecule has 0 saturated carbocycles. The molecule has 0 aromatic heterocycles. The summed E-state index contributed by atoms with van der Waals surface area (Å²) in [4.78, 5) is 0. The number of nitrogen functional groups attached to an aromatic ring is 1. The van der Waals surface area contributed by atoms with Crippen molar-refractivity contribution in [2.45, 2.75) is 33.4 Å². The lowest BCUT2D eigenvalue weighted by Gasteiger charge is -2.13. The van der Waals surface area contributed by atoms with Crippen LogP contribution in [-0.2, 0) is 6.54 Å². The minimum atomic E-state index is 0.141. The van der Waals surface area contributed by atoms with Gasteiger partial charge in [0.2, 0.25) is 0 Å². The quantitative estimate of drug-likeness (QED) is 0.808. The van der Waals surface area contributed by atoms with Gasteiger partial charge in [-0.05, 0) is 32.4 Å². The van der Waals surface area contributed by atoms with Crippen molar-refractivity contribution in [3.63, 3.8) is 0 Å². The Hall–Kier alpha value is -2.16. The van der Waals surface area contributed by atoms with Crippen molar-refractivity contribution in [1.29, 1.82) is 0 Å². The molecule has 0 radical (unpaired) electrons. The smallest absolute Gasteiger partial charge is 0.123 e. The molecule has 2 aromatic rings. The molecule has 3 heteroatoms. The fourth-order valence-corrected chi connectivity index (χ4v) is 1.97. The van der Waals surface area contributed by atoms with E-state index in [1.807, 2.05) is 32.0 Å². The van der Waals surface area contributed by atoms with Gasteiger partial charge in [-0.25, -0.2) is 0 Å². The Labute approximate surface area is 120 Å². The van der Waals surface area contributed by atoms with Crippen LogP contribution in [0.5, 0.6) is 5.75 Å². The summed E-state index contributed by atoms with van der Waals surface area (Å²) in [6.45, 7) is 6.86. The van der Waals surface area contributed by atoms with Gasteiger partial charge in [0.05, 0.1) is 6.10 Å². The lowest BCUT2D eigenvalue weighted by atomic mass is 10.1. The first kappa shape index (κ1) is 14.3. The summed E-state index contributed by atoms with van der Waals surface area (Å²) < 4.78 is 5.68. The molecular formula is C17H22N2O. The van der Waals surface area contributed by atoms with Crippen LogP contribution in [0.4, 0.5) is 11.4 Å². The Morgan fingerprint density at radius 1 is 1.10 bits per heavy atom. The van der Waals surface area contributed by atoms with E-state index in [-0.39, 0.29) is 6.10 Å². The third kappa shape index (κ3) is 4.19. The Bertz CT molecular complexity index is 562. The SMILES string of the molecule is Cc1ccc(CNc2cc(N)cc(OC(C)C)c2)cc1. The van der Waals surface area contributed by atoms with Crippen LogP contribution in [-0.4, -0.2) is 6.10 Å². The summed E-state index contributed by atoms with van der Waals surface area (Å²) in [5, 5.41) is 3.37. The van der Waals surface area contributed by atoms with Gasteiger partial charge in [0.25, 0.3) is 0 Å². The first-order valence-electron chi connectivity index (χ1n) is 6.89. The molecule has 0 unspecified atom stereocenters. The minimum Gasteiger partial charge on any atom is -0.491 e. The number of hydrogen-bond donors (Lipinski definition) is 2. The summed E-state index contributed by atoms with van der Waals surface area (Å²) in [6, 6.07) is 14.2. The van der Waals surface area contributed by atoms with E-state index in [0.717, 1.165) is 18.0 Å². The number of benzene rings is 2. The molecule has 0 bridgehead atoms. The third-order valence-electron chi connectivity index (χ3n) is 2.92. The highest BCUT2D eigenvalue weighted by Gasteiger charge is 2.02. The Morgan fingerprint density at radius 3 is 2.45 bits per heavy atom. The van der Waals surface area contributed by atoms with Gasteiger partial charge in [-0.2, -0.15) is 0 Å². The molecule has 0 amide bonds. The molecule has 0 spiro atoms. The zero-order valence-electron chi connectivity index (χ0n) is 12.3. The summed E-state index contributed by atoms with van der Waals surface area (Å²) >= 11 is 0. The maximum Gasteiger partial charge on any atom is 0.123 e. The average molecular weight is 270 g/mol. The molecule has 0 heterocycles. The normalized spacial score (nSPS) is 10.6. The highest BCUT2D eigenvalue weighted by atomic mass is 16.5. The molecular weight excluding hydrogens is 248 g/mol. The molecule has 3 N–H and O–H groups in total. The number of hydrogen-bond acceptors (Lipinski definition) is 3. The highest BCUT2D eigenvalue weighted by molar-refractivity contribution is 5.59. The van der Waals surface area contributed by atoms with E-state index in [4.69, 9.17) is 10.5 Å². The Morgan fingerprint density at radius 2 is 1.80 bits per heavy atom. The fourth-order valence-electron chi connectivity index (χ4n) is 1.97. The van der Waals surface area contributed by atoms with Crippen LogP contribution >= 0.6 is 0 Å². The van der Waals surface area contributed by atoms with Crippen LogP contribution in [0.25, 0.3) is 0 Å². The second-order valence-corrected chi connectivity index (χ2v) is 5.30. The molecule has 0 aliphatic carbocycles. The second-order valence-electron chi connectivity index (χ2n) is 5.30. The Kier molecular flexibility index (Phi) is 4.51. The monoisotopic (exact) mass is 270 g/mol. The first-order chi connectivity index (χ1) is 9.52. The van der Waals surface area contributed by atoms with Gasteiger partial charge in [0, 0.05) is 30.1 Å². The minimum absolute atomic E-state index is 0.141. The van der Waals surface area contributed by atoms with Gasteiger partial charge < -0.3 is 15.8 Å². The molecule has 3 nitrogen and oxygen atoms in total. The van der Waals surface area contributed by atoms with Gasteiger partial charge in [0.15, 0.2) is 0 Å². The van der Waals surface area contributed by atoms with Crippen molar-refractivity contribution in [3.05, 3.63) is 53.6 Å². The third-order valence-corrected chi connectivity index (χ3v) is 2.92. The first-order valence-corrected chi connectivity index (χ1v) is 6.89. The van der Waals surface area contributed by atoms with Crippen molar-refractivity contribution < 1.29 is 4.74 Å². The second kappa shape index (κ2) is 6.33. The van der Waals surface area contributed by atoms with E-state index >= 15 is 0 Å². The van der Waals surface area contributed by atoms with Crippen molar-refractivity contribution in [3.8, 4) is 5.75 Å². The average Bonchev–Trinajstić information content (AvgIpc) is 2.36. The van der Waals surface area contributed by atoms with Gasteiger partial charge in [-0.1, -0.05) is 29.8 Å². The van der Waals surface area contributed by atoms with Crippen LogP contribution in [0.15, 0.2) is 42.5 Å². The predicted octanol–water partition coefficient (Wildman–Crippen LogP) is 3.98. The number of anilines is 2. The lowest BCUT2D eigenvalue weighted by Crippen LogP contribution is -2.07. The molecule has 0 aliphatic rings. The van der Waals surface area contributed by atoms with Gasteiger partial charge in [0.1, 0.15) is 5.75 Å². The zero-order valence-corrected chi connectivity index (χ0v) is 12.3. The van der Waals surface area contributed by atoms with Crippen molar-refractivity contribution in [2.75, 3.05) is 11.1 Å². The van der Waals surface area contributed by atoms with Gasteiger partial charge >= 0.3 is 0 Å². The van der Waals surface area contributed by atoms with E-state index < -0.39 is 0 Å². The standard InChI is InChI=1S/C17H22N2O/c1-12(2)20-17-9-15(18)8-16(10-17)19-11-14-6-4-13(3)5-7-14/h4-10,12,19H,11,18H2,1-3H3.